The van der Waals surface area contributed by atoms with Crippen LogP contribution in [0.4, 0.5) is 22.7 Å². The molecular formula is C82H84N14O12. The van der Waals surface area contributed by atoms with Crippen molar-refractivity contribution in [1.82, 2.24) is 50.7 Å². The molecule has 0 aliphatic carbocycles. The van der Waals surface area contributed by atoms with Crippen LogP contribution in [0.15, 0.2) is 172 Å². The maximum absolute atomic E-state index is 14.0. The van der Waals surface area contributed by atoms with Gasteiger partial charge in [0.2, 0.25) is 23.6 Å². The lowest BCUT2D eigenvalue weighted by Crippen LogP contribution is -2.46. The second-order valence-electron chi connectivity index (χ2n) is 26.4. The largest absolute Gasteiger partial charge is 0.381 e. The first-order valence-corrected chi connectivity index (χ1v) is 36.0. The highest BCUT2D eigenvalue weighted by atomic mass is 16.2. The zero-order valence-corrected chi connectivity index (χ0v) is 59.8. The number of benzene rings is 8. The Bertz CT molecular complexity index is 4350. The Morgan fingerprint density at radius 2 is 0.491 bits per heavy atom. The molecule has 0 radical (unpaired) electrons. The Kier molecular flexibility index (Phi) is 23.7. The van der Waals surface area contributed by atoms with E-state index in [-0.39, 0.29) is 117 Å². The molecule has 108 heavy (non-hydrogen) atoms. The summed E-state index contributed by atoms with van der Waals surface area (Å²) in [5.74, 6) is -5.78. The van der Waals surface area contributed by atoms with Crippen molar-refractivity contribution in [1.29, 1.82) is 0 Å². The van der Waals surface area contributed by atoms with Gasteiger partial charge in [0.1, 0.15) is 0 Å². The minimum atomic E-state index is -0.509. The lowest BCUT2D eigenvalue weighted by Gasteiger charge is -2.29. The minimum absolute atomic E-state index is 0.0767. The molecular weight excluding hydrogens is 1370 g/mol. The number of hydrogen-bond acceptors (Lipinski definition) is 18. The van der Waals surface area contributed by atoms with E-state index in [0.717, 1.165) is 42.3 Å². The fourth-order valence-corrected chi connectivity index (χ4v) is 14.3. The summed E-state index contributed by atoms with van der Waals surface area (Å²) in [5.41, 5.74) is 5.70. The van der Waals surface area contributed by atoms with Gasteiger partial charge in [-0.05, 0) is 72.8 Å². The molecule has 26 nitrogen and oxygen atoms in total. The zero-order chi connectivity index (χ0) is 76.1. The summed E-state index contributed by atoms with van der Waals surface area (Å²) in [6.45, 7) is 16.8. The molecule has 4 aliphatic rings. The molecule has 8 aromatic rings. The Balaban J connectivity index is 0.712. The summed E-state index contributed by atoms with van der Waals surface area (Å²) in [5, 5.41) is 29.3. The molecule has 8 aromatic carbocycles. The highest BCUT2D eigenvalue weighted by molar-refractivity contribution is 6.30. The van der Waals surface area contributed by atoms with Crippen LogP contribution in [0.1, 0.15) is 109 Å². The number of nitrogens with zero attached hydrogens (tertiary/aromatic N) is 6. The highest BCUT2D eigenvalue weighted by Gasteiger charge is 2.38. The zero-order valence-electron chi connectivity index (χ0n) is 59.8. The van der Waals surface area contributed by atoms with Crippen molar-refractivity contribution >= 4 is 137 Å². The number of carbonyl (C=O) groups is 12. The third-order valence-electron chi connectivity index (χ3n) is 19.7. The first-order chi connectivity index (χ1) is 52.4. The Morgan fingerprint density at radius 1 is 0.287 bits per heavy atom. The van der Waals surface area contributed by atoms with E-state index in [1.165, 1.54) is 0 Å². The molecule has 554 valence electrons. The Labute approximate surface area is 623 Å². The average Bonchev–Trinajstić information content (AvgIpc) is 0.763. The Hall–Kier alpha value is -12.7. The molecule has 4 heterocycles. The second-order valence-corrected chi connectivity index (χ2v) is 26.4. The van der Waals surface area contributed by atoms with Crippen molar-refractivity contribution in [3.63, 3.8) is 0 Å². The van der Waals surface area contributed by atoms with Crippen LogP contribution in [-0.2, 0) is 19.2 Å². The molecule has 0 saturated carbocycles. The van der Waals surface area contributed by atoms with Gasteiger partial charge in [-0.3, -0.25) is 77.1 Å². The van der Waals surface area contributed by atoms with Crippen molar-refractivity contribution < 1.29 is 57.5 Å². The monoisotopic (exact) mass is 1460 g/mol. The van der Waals surface area contributed by atoms with Gasteiger partial charge in [-0.1, -0.05) is 72.8 Å². The number of nitrogens with one attached hydrogen (secondary N) is 8. The van der Waals surface area contributed by atoms with E-state index in [2.05, 4.69) is 68.9 Å². The van der Waals surface area contributed by atoms with Crippen molar-refractivity contribution in [2.45, 2.75) is 25.7 Å². The van der Waals surface area contributed by atoms with Gasteiger partial charge in [0.15, 0.2) is 0 Å². The molecule has 12 rings (SSSR count). The normalized spacial score (nSPS) is 13.6. The summed E-state index contributed by atoms with van der Waals surface area (Å²) < 4.78 is 0. The number of imide groups is 4. The predicted octanol–water partition coefficient (Wildman–Crippen LogP) is 7.80. The predicted molar refractivity (Wildman–Crippen MR) is 415 cm³/mol. The molecule has 0 saturated heterocycles. The summed E-state index contributed by atoms with van der Waals surface area (Å²) in [6.07, 6.45) is 6.37. The maximum Gasteiger partial charge on any atom is 0.261 e. The molecule has 0 atom stereocenters. The van der Waals surface area contributed by atoms with Crippen LogP contribution in [0.2, 0.25) is 0 Å². The number of anilines is 4. The number of amides is 12. The summed E-state index contributed by atoms with van der Waals surface area (Å²) in [4.78, 5) is 175. The van der Waals surface area contributed by atoms with E-state index in [4.69, 9.17) is 0 Å². The maximum atomic E-state index is 14.0. The van der Waals surface area contributed by atoms with Crippen molar-refractivity contribution in [2.75, 3.05) is 139 Å². The van der Waals surface area contributed by atoms with Gasteiger partial charge in [-0.2, -0.15) is 0 Å². The summed E-state index contributed by atoms with van der Waals surface area (Å²) in [6, 6.07) is 34.7. The van der Waals surface area contributed by atoms with Gasteiger partial charge in [0, 0.05) is 254 Å². The first-order valence-electron chi connectivity index (χ1n) is 36.0. The SMILES string of the molecule is C=CCNc1ccc2c3c(cccc13)C(=O)N(CCNC(=O)CCN(CCC(=O)NCCN1C(=O)c3cccc4c(NCC=C)ccc(c34)C1=O)CCN(CCC(=O)NCCN1C(=O)c3cccc4c(NCC=C)ccc(c34)C1=O)CCC(=O)NCCN1C(=O)c3cccc4c(NCC=C)ccc(c34)C1=O)C2=O. The van der Waals surface area contributed by atoms with Gasteiger partial charge < -0.3 is 52.3 Å². The van der Waals surface area contributed by atoms with E-state index in [1.807, 2.05) is 34.1 Å². The van der Waals surface area contributed by atoms with Crippen LogP contribution < -0.4 is 42.5 Å². The van der Waals surface area contributed by atoms with Crippen LogP contribution >= 0.6 is 0 Å². The fraction of sp³-hybridized carbons (Fsp3) is 0.268. The number of carbonyl (C=O) groups excluding carboxylic acids is 12. The molecule has 4 aliphatic heterocycles. The van der Waals surface area contributed by atoms with Gasteiger partial charge in [0.05, 0.1) is 0 Å². The topological polar surface area (TPSA) is 321 Å². The third kappa shape index (κ3) is 15.8. The van der Waals surface area contributed by atoms with E-state index in [0.29, 0.717) is 114 Å². The first kappa shape index (κ1) is 75.0. The van der Waals surface area contributed by atoms with E-state index < -0.39 is 70.9 Å². The van der Waals surface area contributed by atoms with E-state index in [1.54, 1.807) is 121 Å². The summed E-state index contributed by atoms with van der Waals surface area (Å²) >= 11 is 0. The standard InChI is InChI=1S/C82H84N14O12/c1-5-33-83-63-25-21-59-71-51(63)13-9-17-55(71)75(101)93(79(59)105)45-37-87-67(97)29-41-91(42-30-68(98)88-38-46-94-76(102)56-18-10-14-52-64(84-34-6-2)26-22-60(72(52)56)80(94)106)49-50-92(43-31-69(99)89-39-47-95-77(103)57-19-11-15-53-65(85-35-7-3)27-23-61(73(53)57)81(95)107)44-32-70(100)90-40-48-96-78(104)58-20-12-16-54-66(86-36-8-4)28-24-62(74(54)58)82(96)108/h5-28,83-86H,1-4,29-50H2,(H,87,97)(H,88,98)(H,89,99)(H,90,100). The highest BCUT2D eigenvalue weighted by Crippen LogP contribution is 2.39. The van der Waals surface area contributed by atoms with Crippen molar-refractivity contribution in [3.05, 3.63) is 216 Å². The molecule has 0 aromatic heterocycles. The van der Waals surface area contributed by atoms with E-state index >= 15 is 0 Å². The van der Waals surface area contributed by atoms with Gasteiger partial charge in [-0.25, -0.2) is 0 Å². The van der Waals surface area contributed by atoms with Crippen molar-refractivity contribution in [3.8, 4) is 0 Å². The molecule has 12 amide bonds. The van der Waals surface area contributed by atoms with Crippen LogP contribution in [-0.4, -0.2) is 218 Å². The second kappa shape index (κ2) is 34.0. The number of hydrogen-bond donors (Lipinski definition) is 8. The lowest BCUT2D eigenvalue weighted by molar-refractivity contribution is -0.123. The van der Waals surface area contributed by atoms with Crippen LogP contribution in [0, 0.1) is 0 Å². The van der Waals surface area contributed by atoms with Gasteiger partial charge in [-0.15, -0.1) is 26.3 Å². The average molecular weight is 1460 g/mol. The molecule has 0 bridgehead atoms. The van der Waals surface area contributed by atoms with Crippen LogP contribution in [0.3, 0.4) is 0 Å². The van der Waals surface area contributed by atoms with Crippen LogP contribution in [0.5, 0.6) is 0 Å². The van der Waals surface area contributed by atoms with Gasteiger partial charge >= 0.3 is 0 Å². The Morgan fingerprint density at radius 3 is 0.694 bits per heavy atom. The molecule has 8 N–H and O–H groups in total. The summed E-state index contributed by atoms with van der Waals surface area (Å²) in [7, 11) is 0. The van der Waals surface area contributed by atoms with E-state index in [9.17, 15) is 57.5 Å². The quantitative estimate of drug-likeness (QED) is 0.0134. The fourth-order valence-electron chi connectivity index (χ4n) is 14.3. The lowest BCUT2D eigenvalue weighted by atomic mass is 9.93. The smallest absolute Gasteiger partial charge is 0.261 e. The molecule has 0 unspecified atom stereocenters. The molecule has 0 fully saturated rings. The third-order valence-corrected chi connectivity index (χ3v) is 19.7. The number of rotatable bonds is 39. The molecule has 0 spiro atoms. The molecule has 26 heteroatoms. The van der Waals surface area contributed by atoms with Gasteiger partial charge in [0.25, 0.3) is 47.3 Å². The van der Waals surface area contributed by atoms with Crippen LogP contribution in [0.25, 0.3) is 43.1 Å². The minimum Gasteiger partial charge on any atom is -0.381 e. The van der Waals surface area contributed by atoms with Crippen molar-refractivity contribution in [2.24, 2.45) is 0 Å².